The van der Waals surface area contributed by atoms with Crippen LogP contribution in [0.1, 0.15) is 11.1 Å². The van der Waals surface area contributed by atoms with Gasteiger partial charge in [0.05, 0.1) is 17.6 Å². The molecule has 3 nitrogen and oxygen atoms in total. The van der Waals surface area contributed by atoms with Crippen LogP contribution in [-0.4, -0.2) is 15.8 Å². The van der Waals surface area contributed by atoms with Gasteiger partial charge in [-0.25, -0.2) is 9.98 Å². The lowest BCUT2D eigenvalue weighted by molar-refractivity contribution is 0.838. The highest BCUT2D eigenvalue weighted by Crippen LogP contribution is 2.33. The van der Waals surface area contributed by atoms with Crippen molar-refractivity contribution >= 4 is 66.3 Å². The number of benzene rings is 7. The molecular weight excluding hydrogens is 486 g/mol. The Morgan fingerprint density at radius 2 is 1.02 bits per heavy atom. The molecule has 0 atom stereocenters. The van der Waals surface area contributed by atoms with Crippen LogP contribution in [0.4, 0.5) is 5.95 Å². The Balaban J connectivity index is 1.35. The Hall–Kier alpha value is -5.28. The molecule has 188 valence electrons. The normalized spacial score (nSPS) is 12.0. The highest BCUT2D eigenvalue weighted by atomic mass is 15.2. The summed E-state index contributed by atoms with van der Waals surface area (Å²) in [6.07, 6.45) is 2.00. The van der Waals surface area contributed by atoms with Crippen LogP contribution < -0.4 is 0 Å². The Morgan fingerprint density at radius 3 is 1.62 bits per heavy atom. The van der Waals surface area contributed by atoms with Gasteiger partial charge in [0.2, 0.25) is 5.95 Å². The molecule has 0 amide bonds. The van der Waals surface area contributed by atoms with Gasteiger partial charge in [-0.05, 0) is 72.9 Å². The highest BCUT2D eigenvalue weighted by molar-refractivity contribution is 6.13. The van der Waals surface area contributed by atoms with Crippen LogP contribution in [0.2, 0.25) is 0 Å². The van der Waals surface area contributed by atoms with E-state index < -0.39 is 0 Å². The molecule has 7 aromatic carbocycles. The minimum atomic E-state index is 0.672. The number of hydrogen-bond donors (Lipinski definition) is 0. The maximum Gasteiger partial charge on any atom is 0.230 e. The van der Waals surface area contributed by atoms with Gasteiger partial charge in [-0.3, -0.25) is 0 Å². The summed E-state index contributed by atoms with van der Waals surface area (Å²) in [5, 5.41) is 9.79. The van der Waals surface area contributed by atoms with Crippen molar-refractivity contribution in [2.45, 2.75) is 6.54 Å². The molecule has 8 rings (SSSR count). The van der Waals surface area contributed by atoms with Gasteiger partial charge in [-0.15, -0.1) is 0 Å². The highest BCUT2D eigenvalue weighted by Gasteiger charge is 2.15. The monoisotopic (exact) mass is 511 g/mol. The zero-order valence-electron chi connectivity index (χ0n) is 21.8. The van der Waals surface area contributed by atoms with E-state index in [2.05, 4.69) is 132 Å². The second kappa shape index (κ2) is 9.18. The van der Waals surface area contributed by atoms with Crippen molar-refractivity contribution in [3.05, 3.63) is 145 Å². The zero-order valence-corrected chi connectivity index (χ0v) is 21.8. The smallest absolute Gasteiger partial charge is 0.230 e. The fourth-order valence-corrected chi connectivity index (χ4v) is 6.06. The quantitative estimate of drug-likeness (QED) is 0.171. The number of imidazole rings is 1. The predicted octanol–water partition coefficient (Wildman–Crippen LogP) is 9.45. The number of aliphatic imine (C=N–C) groups is 1. The number of aromatic nitrogens is 2. The van der Waals surface area contributed by atoms with E-state index in [1.165, 1.54) is 48.7 Å². The van der Waals surface area contributed by atoms with Crippen LogP contribution >= 0.6 is 0 Å². The number of para-hydroxylation sites is 2. The van der Waals surface area contributed by atoms with E-state index in [4.69, 9.17) is 9.98 Å². The lowest BCUT2D eigenvalue weighted by Gasteiger charge is -2.14. The molecule has 0 spiro atoms. The Kier molecular flexibility index (Phi) is 5.20. The Bertz CT molecular complexity index is 2150. The predicted molar refractivity (Wildman–Crippen MR) is 169 cm³/mol. The van der Waals surface area contributed by atoms with Crippen molar-refractivity contribution in [3.63, 3.8) is 0 Å². The molecule has 0 aliphatic heterocycles. The van der Waals surface area contributed by atoms with Gasteiger partial charge in [0.15, 0.2) is 0 Å². The summed E-state index contributed by atoms with van der Waals surface area (Å²) in [5.41, 5.74) is 4.42. The Morgan fingerprint density at radius 1 is 0.550 bits per heavy atom. The second-order valence-electron chi connectivity index (χ2n) is 10.3. The minimum Gasteiger partial charge on any atom is -0.304 e. The van der Waals surface area contributed by atoms with Crippen molar-refractivity contribution in [2.75, 3.05) is 0 Å². The maximum absolute atomic E-state index is 5.10. The first-order valence-electron chi connectivity index (χ1n) is 13.6. The topological polar surface area (TPSA) is 30.2 Å². The maximum atomic E-state index is 5.10. The van der Waals surface area contributed by atoms with Gasteiger partial charge in [0, 0.05) is 11.8 Å². The lowest BCUT2D eigenvalue weighted by atomic mass is 9.96. The van der Waals surface area contributed by atoms with Crippen LogP contribution in [0.3, 0.4) is 0 Å². The molecule has 0 bridgehead atoms. The third-order valence-electron chi connectivity index (χ3n) is 7.96. The standard InChI is InChI=1S/C37H25N3/c1-5-15-29-25(11-1)21-26-12-2-6-16-30(26)33(29)23-38-37-39-35-19-9-10-20-36(35)40(37)24-34-31-17-7-3-13-27(31)22-28-14-4-8-18-32(28)34/h1-23H,24H2. The molecule has 1 aromatic heterocycles. The first-order chi connectivity index (χ1) is 19.8. The molecule has 0 aliphatic carbocycles. The van der Waals surface area contributed by atoms with Gasteiger partial charge in [0.1, 0.15) is 0 Å². The number of hydrogen-bond acceptors (Lipinski definition) is 2. The first kappa shape index (κ1) is 22.7. The van der Waals surface area contributed by atoms with E-state index in [1.807, 2.05) is 12.3 Å². The first-order valence-corrected chi connectivity index (χ1v) is 13.6. The van der Waals surface area contributed by atoms with Crippen molar-refractivity contribution in [1.82, 2.24) is 9.55 Å². The molecule has 0 saturated heterocycles. The molecule has 0 radical (unpaired) electrons. The van der Waals surface area contributed by atoms with E-state index in [1.54, 1.807) is 0 Å². The van der Waals surface area contributed by atoms with Gasteiger partial charge in [-0.2, -0.15) is 0 Å². The average Bonchev–Trinajstić information content (AvgIpc) is 3.36. The van der Waals surface area contributed by atoms with E-state index in [0.717, 1.165) is 16.6 Å². The van der Waals surface area contributed by atoms with E-state index in [0.29, 0.717) is 12.5 Å². The van der Waals surface area contributed by atoms with Gasteiger partial charge in [-0.1, -0.05) is 109 Å². The van der Waals surface area contributed by atoms with E-state index in [-0.39, 0.29) is 0 Å². The fourth-order valence-electron chi connectivity index (χ4n) is 6.06. The third kappa shape index (κ3) is 3.67. The number of rotatable bonds is 4. The lowest BCUT2D eigenvalue weighted by Crippen LogP contribution is -2.02. The van der Waals surface area contributed by atoms with Gasteiger partial charge >= 0.3 is 0 Å². The van der Waals surface area contributed by atoms with Crippen molar-refractivity contribution < 1.29 is 0 Å². The van der Waals surface area contributed by atoms with Crippen molar-refractivity contribution in [3.8, 4) is 0 Å². The SMILES string of the molecule is C(=Nc1nc2ccccc2n1Cc1c2ccccc2cc2ccccc12)c1c2ccccc2cc2ccccc12. The molecule has 0 fully saturated rings. The molecule has 0 aliphatic rings. The zero-order chi connectivity index (χ0) is 26.5. The molecule has 0 unspecified atom stereocenters. The third-order valence-corrected chi connectivity index (χ3v) is 7.96. The molecule has 8 aromatic rings. The van der Waals surface area contributed by atoms with Crippen LogP contribution in [0.25, 0.3) is 54.1 Å². The number of fused-ring (bicyclic) bond motifs is 5. The van der Waals surface area contributed by atoms with Crippen LogP contribution in [0.15, 0.2) is 138 Å². The fraction of sp³-hybridized carbons (Fsp3) is 0.0270. The molecule has 3 heteroatoms. The summed E-state index contributed by atoms with van der Waals surface area (Å²) in [6.45, 7) is 0.672. The van der Waals surface area contributed by atoms with Crippen LogP contribution in [-0.2, 0) is 6.54 Å². The van der Waals surface area contributed by atoms with E-state index >= 15 is 0 Å². The molecule has 1 heterocycles. The second-order valence-corrected chi connectivity index (χ2v) is 10.3. The van der Waals surface area contributed by atoms with E-state index in [9.17, 15) is 0 Å². The molecular formula is C37H25N3. The summed E-state index contributed by atoms with van der Waals surface area (Å²) in [6, 6.07) is 47.2. The van der Waals surface area contributed by atoms with Gasteiger partial charge < -0.3 is 4.57 Å². The van der Waals surface area contributed by atoms with Crippen molar-refractivity contribution in [1.29, 1.82) is 0 Å². The largest absolute Gasteiger partial charge is 0.304 e. The summed E-state index contributed by atoms with van der Waals surface area (Å²) in [7, 11) is 0. The molecule has 0 N–H and O–H groups in total. The summed E-state index contributed by atoms with van der Waals surface area (Å²) >= 11 is 0. The molecule has 40 heavy (non-hydrogen) atoms. The summed E-state index contributed by atoms with van der Waals surface area (Å²) in [5.74, 6) is 0.704. The minimum absolute atomic E-state index is 0.672. The Labute approximate surface area is 231 Å². The van der Waals surface area contributed by atoms with Crippen LogP contribution in [0.5, 0.6) is 0 Å². The van der Waals surface area contributed by atoms with Crippen LogP contribution in [0, 0.1) is 0 Å². The van der Waals surface area contributed by atoms with Gasteiger partial charge in [0.25, 0.3) is 0 Å². The van der Waals surface area contributed by atoms with Crippen molar-refractivity contribution in [2.24, 2.45) is 4.99 Å². The molecule has 0 saturated carbocycles. The summed E-state index contributed by atoms with van der Waals surface area (Å²) in [4.78, 5) is 10.1. The average molecular weight is 512 g/mol. The summed E-state index contributed by atoms with van der Waals surface area (Å²) < 4.78 is 2.26. The number of nitrogens with zero attached hydrogens (tertiary/aromatic N) is 3.